The molecule has 138 valence electrons. The molecule has 1 heterocycles. The number of methoxy groups -OCH3 is 1. The highest BCUT2D eigenvalue weighted by Crippen LogP contribution is 2.24. The van der Waals surface area contributed by atoms with Crippen LogP contribution in [0.5, 0.6) is 5.75 Å². The molecule has 0 spiro atoms. The van der Waals surface area contributed by atoms with Crippen LogP contribution in [0.3, 0.4) is 0 Å². The Balaban J connectivity index is 1.71. The van der Waals surface area contributed by atoms with E-state index in [1.54, 1.807) is 26.2 Å². The fourth-order valence-corrected chi connectivity index (χ4v) is 2.97. The van der Waals surface area contributed by atoms with E-state index in [0.717, 1.165) is 22.2 Å². The normalized spacial score (nSPS) is 12.3. The smallest absolute Gasteiger partial charge is 0.331 e. The van der Waals surface area contributed by atoms with Crippen molar-refractivity contribution in [2.24, 2.45) is 0 Å². The average molecular weight is 363 g/mol. The van der Waals surface area contributed by atoms with Gasteiger partial charge in [-0.15, -0.1) is 0 Å². The highest BCUT2D eigenvalue weighted by molar-refractivity contribution is 6.11. The number of fused-ring (bicyclic) bond motifs is 1. The van der Waals surface area contributed by atoms with Gasteiger partial charge in [0.1, 0.15) is 5.75 Å². The Kier molecular flexibility index (Phi) is 5.41. The van der Waals surface area contributed by atoms with Crippen LogP contribution in [0.4, 0.5) is 0 Å². The minimum Gasteiger partial charge on any atom is -0.497 e. The lowest BCUT2D eigenvalue weighted by Gasteiger charge is -2.11. The summed E-state index contributed by atoms with van der Waals surface area (Å²) in [6.07, 6.45) is 2.05. The number of aryl methyl sites for hydroxylation is 1. The van der Waals surface area contributed by atoms with Gasteiger partial charge in [0.15, 0.2) is 6.10 Å². The van der Waals surface area contributed by atoms with Crippen molar-refractivity contribution in [1.29, 1.82) is 0 Å². The van der Waals surface area contributed by atoms with Crippen LogP contribution >= 0.6 is 0 Å². The fourth-order valence-electron chi connectivity index (χ4n) is 2.97. The van der Waals surface area contributed by atoms with E-state index in [2.05, 4.69) is 4.98 Å². The molecule has 5 nitrogen and oxygen atoms in total. The molecule has 3 aromatic rings. The first kappa shape index (κ1) is 18.5. The topological polar surface area (TPSA) is 68.4 Å². The molecule has 5 heteroatoms. The Morgan fingerprint density at radius 2 is 1.89 bits per heavy atom. The minimum atomic E-state index is -0.884. The number of benzene rings is 2. The molecule has 0 aliphatic heterocycles. The molecular weight excluding hydrogens is 342 g/mol. The summed E-state index contributed by atoms with van der Waals surface area (Å²) in [7, 11) is 1.58. The third-order valence-corrected chi connectivity index (χ3v) is 4.31. The van der Waals surface area contributed by atoms with Crippen molar-refractivity contribution in [2.45, 2.75) is 20.0 Å². The number of para-hydroxylation sites is 1. The first-order valence-electron chi connectivity index (χ1n) is 8.64. The van der Waals surface area contributed by atoms with E-state index in [0.29, 0.717) is 11.3 Å². The summed E-state index contributed by atoms with van der Waals surface area (Å²) in [4.78, 5) is 28.1. The zero-order valence-corrected chi connectivity index (χ0v) is 15.5. The third kappa shape index (κ3) is 4.08. The number of aromatic nitrogens is 1. The molecule has 0 fully saturated rings. The number of carbonyl (C=O) groups is 2. The van der Waals surface area contributed by atoms with Crippen molar-refractivity contribution >= 4 is 28.7 Å². The van der Waals surface area contributed by atoms with Crippen LogP contribution in [0.2, 0.25) is 0 Å². The maximum absolute atomic E-state index is 12.8. The molecule has 1 aromatic heterocycles. The fraction of sp³-hybridized carbons (Fsp3) is 0.182. The number of nitrogens with one attached hydrogen (secondary N) is 1. The Labute approximate surface area is 157 Å². The van der Waals surface area contributed by atoms with Crippen molar-refractivity contribution in [3.8, 4) is 5.75 Å². The van der Waals surface area contributed by atoms with Crippen LogP contribution in [-0.4, -0.2) is 30.0 Å². The van der Waals surface area contributed by atoms with Gasteiger partial charge >= 0.3 is 5.97 Å². The Hall–Kier alpha value is -3.34. The van der Waals surface area contributed by atoms with Crippen molar-refractivity contribution in [2.75, 3.05) is 7.11 Å². The second-order valence-corrected chi connectivity index (χ2v) is 6.22. The number of hydrogen-bond donors (Lipinski definition) is 1. The Morgan fingerprint density at radius 1 is 1.11 bits per heavy atom. The van der Waals surface area contributed by atoms with Crippen molar-refractivity contribution in [1.82, 2.24) is 4.98 Å². The van der Waals surface area contributed by atoms with Crippen LogP contribution in [0, 0.1) is 6.92 Å². The number of H-pyrrole nitrogens is 1. The number of ketones is 1. The first-order valence-corrected chi connectivity index (χ1v) is 8.64. The van der Waals surface area contributed by atoms with Gasteiger partial charge in [0.05, 0.1) is 7.11 Å². The molecule has 0 amide bonds. The van der Waals surface area contributed by atoms with Gasteiger partial charge in [-0.25, -0.2) is 4.79 Å². The molecule has 27 heavy (non-hydrogen) atoms. The molecule has 0 saturated carbocycles. The molecule has 0 saturated heterocycles. The standard InChI is InChI=1S/C22H21NO4/c1-14-21(18-9-4-5-10-19(18)23-14)22(25)15(2)27-20(24)12-11-16-7-6-8-17(13-16)26-3/h4-13,15,23H,1-3H3/b12-11+/t15-/m0/s1. The van der Waals surface area contributed by atoms with Crippen molar-refractivity contribution in [3.05, 3.63) is 71.4 Å². The summed E-state index contributed by atoms with van der Waals surface area (Å²) < 4.78 is 10.4. The number of esters is 1. The molecule has 0 aliphatic carbocycles. The molecule has 3 rings (SSSR count). The summed E-state index contributed by atoms with van der Waals surface area (Å²) in [6, 6.07) is 14.9. The Bertz CT molecular complexity index is 1020. The quantitative estimate of drug-likeness (QED) is 0.402. The van der Waals surface area contributed by atoms with Crippen molar-refractivity contribution < 1.29 is 19.1 Å². The lowest BCUT2D eigenvalue weighted by molar-refractivity contribution is -0.140. The van der Waals surface area contributed by atoms with Gasteiger partial charge in [-0.1, -0.05) is 30.3 Å². The maximum Gasteiger partial charge on any atom is 0.331 e. The highest BCUT2D eigenvalue weighted by atomic mass is 16.5. The molecule has 0 radical (unpaired) electrons. The van der Waals surface area contributed by atoms with Crippen LogP contribution in [0.1, 0.15) is 28.5 Å². The van der Waals surface area contributed by atoms with Crippen molar-refractivity contribution in [3.63, 3.8) is 0 Å². The number of aromatic amines is 1. The molecule has 0 bridgehead atoms. The van der Waals surface area contributed by atoms with E-state index >= 15 is 0 Å². The summed E-state index contributed by atoms with van der Waals surface area (Å²) in [5, 5.41) is 0.829. The van der Waals surface area contributed by atoms with E-state index in [1.807, 2.05) is 49.4 Å². The van der Waals surface area contributed by atoms with Gasteiger partial charge in [-0.3, -0.25) is 4.79 Å². The van der Waals surface area contributed by atoms with Gasteiger partial charge in [-0.05, 0) is 43.7 Å². The zero-order chi connectivity index (χ0) is 19.4. The third-order valence-electron chi connectivity index (χ3n) is 4.31. The van der Waals surface area contributed by atoms with E-state index in [4.69, 9.17) is 9.47 Å². The van der Waals surface area contributed by atoms with Gasteiger partial charge < -0.3 is 14.5 Å². The summed E-state index contributed by atoms with van der Waals surface area (Å²) >= 11 is 0. The van der Waals surface area contributed by atoms with Gasteiger partial charge in [0.25, 0.3) is 0 Å². The monoisotopic (exact) mass is 363 g/mol. The molecular formula is C22H21NO4. The molecule has 0 aliphatic rings. The van der Waals surface area contributed by atoms with E-state index < -0.39 is 12.1 Å². The predicted molar refractivity (Wildman–Crippen MR) is 105 cm³/mol. The van der Waals surface area contributed by atoms with Crippen LogP contribution < -0.4 is 4.74 Å². The van der Waals surface area contributed by atoms with Crippen LogP contribution in [0.15, 0.2) is 54.6 Å². The van der Waals surface area contributed by atoms with E-state index in [-0.39, 0.29) is 5.78 Å². The molecule has 1 atom stereocenters. The van der Waals surface area contributed by atoms with Gasteiger partial charge in [-0.2, -0.15) is 0 Å². The SMILES string of the molecule is COc1cccc(/C=C/C(=O)O[C@@H](C)C(=O)c2c(C)[nH]c3ccccc23)c1. The van der Waals surface area contributed by atoms with Gasteiger partial charge in [0.2, 0.25) is 5.78 Å². The summed E-state index contributed by atoms with van der Waals surface area (Å²) in [5.74, 6) is -0.104. The number of hydrogen-bond acceptors (Lipinski definition) is 4. The first-order chi connectivity index (χ1) is 13.0. The van der Waals surface area contributed by atoms with E-state index in [9.17, 15) is 9.59 Å². The molecule has 0 unspecified atom stereocenters. The summed E-state index contributed by atoms with van der Waals surface area (Å²) in [6.45, 7) is 3.42. The molecule has 2 aromatic carbocycles. The Morgan fingerprint density at radius 3 is 2.67 bits per heavy atom. The maximum atomic E-state index is 12.8. The zero-order valence-electron chi connectivity index (χ0n) is 15.5. The summed E-state index contributed by atoms with van der Waals surface area (Å²) in [5.41, 5.74) is 3.01. The highest BCUT2D eigenvalue weighted by Gasteiger charge is 2.23. The lowest BCUT2D eigenvalue weighted by Crippen LogP contribution is -2.24. The van der Waals surface area contributed by atoms with Gasteiger partial charge in [0, 0.05) is 28.2 Å². The number of carbonyl (C=O) groups excluding carboxylic acids is 2. The van der Waals surface area contributed by atoms with Crippen LogP contribution in [-0.2, 0) is 9.53 Å². The number of ether oxygens (including phenoxy) is 2. The second-order valence-electron chi connectivity index (χ2n) is 6.22. The minimum absolute atomic E-state index is 0.229. The second kappa shape index (κ2) is 7.91. The largest absolute Gasteiger partial charge is 0.497 e. The molecule has 1 N–H and O–H groups in total. The number of Topliss-reactive ketones (excluding diaryl/α,β-unsaturated/α-hetero) is 1. The van der Waals surface area contributed by atoms with Crippen LogP contribution in [0.25, 0.3) is 17.0 Å². The predicted octanol–water partition coefficient (Wildman–Crippen LogP) is 4.31. The average Bonchev–Trinajstić information content (AvgIpc) is 3.01. The number of rotatable bonds is 6. The van der Waals surface area contributed by atoms with E-state index in [1.165, 1.54) is 6.08 Å². The lowest BCUT2D eigenvalue weighted by atomic mass is 10.0.